The molecule has 0 radical (unpaired) electrons. The number of fused-ring (bicyclic) bond motifs is 3. The summed E-state index contributed by atoms with van der Waals surface area (Å²) in [6, 6.07) is 9.44. The number of nitrogens with zero attached hydrogens (tertiary/aromatic N) is 3. The summed E-state index contributed by atoms with van der Waals surface area (Å²) in [5.41, 5.74) is 3.16. The molecule has 1 aromatic carbocycles. The van der Waals surface area contributed by atoms with Crippen molar-refractivity contribution in [3.8, 4) is 0 Å². The summed E-state index contributed by atoms with van der Waals surface area (Å²) in [4.78, 5) is 7.97. The maximum absolute atomic E-state index is 5.16. The highest BCUT2D eigenvalue weighted by atomic mass is 15.2. The minimum absolute atomic E-state index is 0.565. The molecule has 168 valence electrons. The average molecular weight is 421 g/mol. The van der Waals surface area contributed by atoms with Crippen LogP contribution in [0.2, 0.25) is 0 Å². The van der Waals surface area contributed by atoms with Crippen LogP contribution in [0.25, 0.3) is 11.0 Å². The van der Waals surface area contributed by atoms with Gasteiger partial charge in [-0.3, -0.25) is 0 Å². The van der Waals surface area contributed by atoms with Gasteiger partial charge in [0.25, 0.3) is 0 Å². The van der Waals surface area contributed by atoms with Gasteiger partial charge in [-0.25, -0.2) is 4.98 Å². The first-order chi connectivity index (χ1) is 15.1. The van der Waals surface area contributed by atoms with Gasteiger partial charge >= 0.3 is 0 Å². The molecule has 2 saturated heterocycles. The Hall–Kier alpha value is -1.39. The normalized spacial score (nSPS) is 34.0. The van der Waals surface area contributed by atoms with E-state index >= 15 is 0 Å². The number of para-hydroxylation sites is 2. The molecule has 2 aromatic rings. The molecule has 5 fully saturated rings. The van der Waals surface area contributed by atoms with Crippen LogP contribution in [-0.4, -0.2) is 47.2 Å². The van der Waals surface area contributed by atoms with Crippen LogP contribution < -0.4 is 5.32 Å². The van der Waals surface area contributed by atoms with Crippen LogP contribution in [0.15, 0.2) is 24.3 Å². The van der Waals surface area contributed by atoms with Crippen molar-refractivity contribution in [2.24, 2.45) is 23.2 Å². The van der Waals surface area contributed by atoms with Gasteiger partial charge < -0.3 is 14.8 Å². The average Bonchev–Trinajstić information content (AvgIpc) is 3.20. The van der Waals surface area contributed by atoms with Crippen LogP contribution in [0.5, 0.6) is 0 Å². The van der Waals surface area contributed by atoms with E-state index in [1.165, 1.54) is 81.4 Å². The predicted octanol–water partition coefficient (Wildman–Crippen LogP) is 5.21. The summed E-state index contributed by atoms with van der Waals surface area (Å²) in [6.45, 7) is 11.2. The van der Waals surface area contributed by atoms with Crippen molar-refractivity contribution in [3.63, 3.8) is 0 Å². The molecule has 3 aliphatic carbocycles. The van der Waals surface area contributed by atoms with Crippen LogP contribution in [0, 0.1) is 23.2 Å². The van der Waals surface area contributed by atoms with Gasteiger partial charge in [0.1, 0.15) is 5.82 Å². The molecule has 0 spiro atoms. The highest BCUT2D eigenvalue weighted by molar-refractivity contribution is 5.76. The number of hydrogen-bond donors (Lipinski definition) is 1. The topological polar surface area (TPSA) is 33.1 Å². The summed E-state index contributed by atoms with van der Waals surface area (Å²) in [7, 11) is 0. The maximum atomic E-state index is 5.16. The first kappa shape index (κ1) is 20.2. The number of hydrogen-bond acceptors (Lipinski definition) is 3. The Kier molecular flexibility index (Phi) is 5.14. The fraction of sp³-hybridized carbons (Fsp3) is 0.741. The third kappa shape index (κ3) is 3.45. The predicted molar refractivity (Wildman–Crippen MR) is 127 cm³/mol. The van der Waals surface area contributed by atoms with E-state index in [1.807, 2.05) is 0 Å². The molecule has 0 amide bonds. The Morgan fingerprint density at radius 3 is 2.65 bits per heavy atom. The summed E-state index contributed by atoms with van der Waals surface area (Å²) in [6.07, 6.45) is 9.55. The van der Waals surface area contributed by atoms with Gasteiger partial charge in [-0.05, 0) is 86.8 Å². The third-order valence-electron chi connectivity index (χ3n) is 9.70. The summed E-state index contributed by atoms with van der Waals surface area (Å²) in [5, 5.41) is 3.61. The second-order valence-electron chi connectivity index (χ2n) is 11.6. The van der Waals surface area contributed by atoms with E-state index < -0.39 is 0 Å². The number of piperidine rings is 2. The van der Waals surface area contributed by atoms with Crippen molar-refractivity contribution >= 4 is 11.0 Å². The lowest BCUT2D eigenvalue weighted by molar-refractivity contribution is -0.112. The minimum atomic E-state index is 0.565. The number of aromatic nitrogens is 2. The van der Waals surface area contributed by atoms with Gasteiger partial charge in [0.05, 0.1) is 11.0 Å². The first-order valence-electron chi connectivity index (χ1n) is 13.0. The van der Waals surface area contributed by atoms with Crippen LogP contribution in [0.3, 0.4) is 0 Å². The Morgan fingerprint density at radius 2 is 1.90 bits per heavy atom. The van der Waals surface area contributed by atoms with Crippen molar-refractivity contribution in [3.05, 3.63) is 30.1 Å². The number of imidazole rings is 1. The lowest BCUT2D eigenvalue weighted by Crippen LogP contribution is -2.55. The van der Waals surface area contributed by atoms with Crippen molar-refractivity contribution in [1.82, 2.24) is 19.8 Å². The minimum Gasteiger partial charge on any atom is -0.324 e. The molecule has 31 heavy (non-hydrogen) atoms. The van der Waals surface area contributed by atoms with E-state index in [0.29, 0.717) is 17.4 Å². The lowest BCUT2D eigenvalue weighted by Gasteiger charge is -2.61. The molecular formula is C27H40N4. The molecule has 1 N–H and O–H groups in total. The second-order valence-corrected chi connectivity index (χ2v) is 11.6. The number of benzene rings is 1. The lowest BCUT2D eigenvalue weighted by atomic mass is 9.45. The smallest absolute Gasteiger partial charge is 0.114 e. The van der Waals surface area contributed by atoms with Gasteiger partial charge in [-0.2, -0.15) is 0 Å². The molecular weight excluding hydrogens is 380 g/mol. The zero-order chi connectivity index (χ0) is 21.0. The fourth-order valence-corrected chi connectivity index (χ4v) is 7.68. The van der Waals surface area contributed by atoms with Crippen LogP contribution >= 0.6 is 0 Å². The summed E-state index contributed by atoms with van der Waals surface area (Å²) >= 11 is 0. The van der Waals surface area contributed by atoms with E-state index in [-0.39, 0.29) is 0 Å². The maximum Gasteiger partial charge on any atom is 0.114 e. The van der Waals surface area contributed by atoms with Crippen molar-refractivity contribution < 1.29 is 0 Å². The molecule has 3 saturated carbocycles. The molecule has 2 aliphatic heterocycles. The van der Waals surface area contributed by atoms with Crippen LogP contribution in [0.4, 0.5) is 0 Å². The molecule has 0 unspecified atom stereocenters. The van der Waals surface area contributed by atoms with Gasteiger partial charge in [-0.15, -0.1) is 0 Å². The third-order valence-corrected chi connectivity index (χ3v) is 9.70. The van der Waals surface area contributed by atoms with E-state index in [1.54, 1.807) is 0 Å². The van der Waals surface area contributed by atoms with E-state index in [0.717, 1.165) is 30.8 Å². The Bertz CT molecular complexity index is 914. The Balaban J connectivity index is 1.17. The number of nitrogens with one attached hydrogen (secondary N) is 1. The van der Waals surface area contributed by atoms with Gasteiger partial charge in [0, 0.05) is 38.1 Å². The Labute approximate surface area is 187 Å². The van der Waals surface area contributed by atoms with Crippen LogP contribution in [0.1, 0.15) is 76.6 Å². The molecule has 3 heterocycles. The molecule has 1 aromatic heterocycles. The van der Waals surface area contributed by atoms with E-state index in [9.17, 15) is 0 Å². The molecule has 7 rings (SSSR count). The highest BCUT2D eigenvalue weighted by Gasteiger charge is 2.54. The van der Waals surface area contributed by atoms with Crippen molar-refractivity contribution in [2.45, 2.75) is 70.8 Å². The fourth-order valence-electron chi connectivity index (χ4n) is 7.68. The summed E-state index contributed by atoms with van der Waals surface area (Å²) in [5.74, 6) is 4.85. The molecule has 2 bridgehead atoms. The summed E-state index contributed by atoms with van der Waals surface area (Å²) < 4.78 is 2.66. The van der Waals surface area contributed by atoms with E-state index in [2.05, 4.69) is 52.9 Å². The molecule has 4 nitrogen and oxygen atoms in total. The van der Waals surface area contributed by atoms with Gasteiger partial charge in [0.2, 0.25) is 0 Å². The largest absolute Gasteiger partial charge is 0.324 e. The molecule has 4 atom stereocenters. The quantitative estimate of drug-likeness (QED) is 0.737. The molecule has 5 aliphatic rings. The van der Waals surface area contributed by atoms with Crippen molar-refractivity contribution in [1.29, 1.82) is 0 Å². The zero-order valence-corrected chi connectivity index (χ0v) is 19.5. The number of rotatable bonds is 4. The Morgan fingerprint density at radius 1 is 1.06 bits per heavy atom. The van der Waals surface area contributed by atoms with E-state index in [4.69, 9.17) is 4.98 Å². The van der Waals surface area contributed by atoms with Gasteiger partial charge in [0.15, 0.2) is 0 Å². The SMILES string of the molecule is CC1(C)[C@H]2CC[C@@H](CN3CCC(n4c([C@H]5CCCNC5)nc5ccccc54)CC3)[C@H]1C2. The highest BCUT2D eigenvalue weighted by Crippen LogP contribution is 2.61. The van der Waals surface area contributed by atoms with Crippen LogP contribution in [-0.2, 0) is 0 Å². The van der Waals surface area contributed by atoms with Crippen molar-refractivity contribution in [2.75, 3.05) is 32.7 Å². The standard InChI is InChI=1S/C27H40N4/c1-27(2)21-10-9-20(23(27)16-21)18-30-14-11-22(12-15-30)31-25-8-4-3-7-24(25)29-26(31)19-6-5-13-28-17-19/h3-4,7-8,19-23,28H,5-6,9-18H2,1-2H3/t19-,20-,21-,23+/m0/s1. The molecule has 4 heteroatoms. The van der Waals surface area contributed by atoms with Gasteiger partial charge in [-0.1, -0.05) is 26.0 Å². The zero-order valence-electron chi connectivity index (χ0n) is 19.5. The monoisotopic (exact) mass is 420 g/mol. The number of likely N-dealkylation sites (tertiary alicyclic amines) is 1. The second kappa shape index (κ2) is 7.88. The first-order valence-corrected chi connectivity index (χ1v) is 13.0.